The second-order valence-corrected chi connectivity index (χ2v) is 8.58. The lowest BCUT2D eigenvalue weighted by molar-refractivity contribution is 0.0925. The van der Waals surface area contributed by atoms with Crippen molar-refractivity contribution < 1.29 is 19.1 Å². The van der Waals surface area contributed by atoms with E-state index in [9.17, 15) is 14.4 Å². The Hall–Kier alpha value is -4.56. The largest absolute Gasteiger partial charge is 0.424 e. The topological polar surface area (TPSA) is 101 Å². The monoisotopic (exact) mass is 498 g/mol. The van der Waals surface area contributed by atoms with Crippen LogP contribution in [-0.4, -0.2) is 27.7 Å². The Kier molecular flexibility index (Phi) is 5.95. The molecule has 0 saturated heterocycles. The summed E-state index contributed by atoms with van der Waals surface area (Å²) in [6, 6.07) is 19.8. The number of fused-ring (bicyclic) bond motifs is 1. The third kappa shape index (κ3) is 4.42. The molecule has 4 aromatic rings. The number of anilines is 2. The molecule has 36 heavy (non-hydrogen) atoms. The average Bonchev–Trinajstić information content (AvgIpc) is 3.08. The third-order valence-electron chi connectivity index (χ3n) is 5.50. The first kappa shape index (κ1) is 23.2. The standard InChI is InChI=1S/C27H19ClN4O4/c1-15-12-16(2)30-27(29-15)36-19-7-5-6-18(14-19)31-24(33)17-10-11-20-21(13-17)26(35)32(25(20)34)23-9-4-3-8-22(23)28/h3-14H,1-2H3,(H,31,33). The summed E-state index contributed by atoms with van der Waals surface area (Å²) in [5, 5.41) is 3.06. The predicted octanol–water partition coefficient (Wildman–Crippen LogP) is 5.59. The van der Waals surface area contributed by atoms with Gasteiger partial charge in [0.05, 0.1) is 21.8 Å². The Morgan fingerprint density at radius 3 is 2.33 bits per heavy atom. The molecule has 0 radical (unpaired) electrons. The van der Waals surface area contributed by atoms with Crippen molar-refractivity contribution in [2.24, 2.45) is 0 Å². The number of amides is 3. The van der Waals surface area contributed by atoms with Gasteiger partial charge in [-0.3, -0.25) is 14.4 Å². The van der Waals surface area contributed by atoms with Crippen LogP contribution in [0.15, 0.2) is 72.8 Å². The molecule has 0 fully saturated rings. The van der Waals surface area contributed by atoms with Crippen molar-refractivity contribution in [2.45, 2.75) is 13.8 Å². The summed E-state index contributed by atoms with van der Waals surface area (Å²) in [5.41, 5.74) is 2.89. The summed E-state index contributed by atoms with van der Waals surface area (Å²) in [4.78, 5) is 48.4. The molecule has 3 amide bonds. The number of carbonyl (C=O) groups is 3. The Labute approximate surface area is 211 Å². The van der Waals surface area contributed by atoms with Gasteiger partial charge in [-0.05, 0) is 62.4 Å². The van der Waals surface area contributed by atoms with E-state index in [4.69, 9.17) is 16.3 Å². The van der Waals surface area contributed by atoms with E-state index in [1.54, 1.807) is 48.5 Å². The zero-order valence-corrected chi connectivity index (χ0v) is 20.0. The van der Waals surface area contributed by atoms with Crippen molar-refractivity contribution in [2.75, 3.05) is 10.2 Å². The lowest BCUT2D eigenvalue weighted by Gasteiger charge is -2.15. The lowest BCUT2D eigenvalue weighted by atomic mass is 10.1. The number of hydrogen-bond acceptors (Lipinski definition) is 6. The number of nitrogens with zero attached hydrogens (tertiary/aromatic N) is 3. The number of imide groups is 1. The summed E-state index contributed by atoms with van der Waals surface area (Å²) in [6.45, 7) is 3.70. The summed E-state index contributed by atoms with van der Waals surface area (Å²) in [7, 11) is 0. The maximum atomic E-state index is 13.0. The van der Waals surface area contributed by atoms with E-state index in [1.807, 2.05) is 19.9 Å². The van der Waals surface area contributed by atoms with Crippen molar-refractivity contribution in [1.29, 1.82) is 0 Å². The first-order valence-corrected chi connectivity index (χ1v) is 11.4. The molecule has 9 heteroatoms. The van der Waals surface area contributed by atoms with Crippen LogP contribution in [0.3, 0.4) is 0 Å². The molecule has 1 N–H and O–H groups in total. The fraction of sp³-hybridized carbons (Fsp3) is 0.0741. The molecule has 0 atom stereocenters. The summed E-state index contributed by atoms with van der Waals surface area (Å²) >= 11 is 6.20. The molecule has 0 aliphatic carbocycles. The number of halogens is 1. The highest BCUT2D eigenvalue weighted by atomic mass is 35.5. The van der Waals surface area contributed by atoms with E-state index < -0.39 is 17.7 Å². The zero-order chi connectivity index (χ0) is 25.4. The number of para-hydroxylation sites is 1. The quantitative estimate of drug-likeness (QED) is 0.360. The number of carbonyl (C=O) groups excluding carboxylic acids is 3. The molecule has 3 aromatic carbocycles. The number of aryl methyl sites for hydroxylation is 2. The summed E-state index contributed by atoms with van der Waals surface area (Å²) in [5.74, 6) is -1.04. The average molecular weight is 499 g/mol. The van der Waals surface area contributed by atoms with E-state index in [1.165, 1.54) is 18.2 Å². The number of rotatable bonds is 5. The van der Waals surface area contributed by atoms with Gasteiger partial charge in [-0.1, -0.05) is 29.8 Å². The number of benzene rings is 3. The van der Waals surface area contributed by atoms with Gasteiger partial charge >= 0.3 is 6.01 Å². The van der Waals surface area contributed by atoms with Gasteiger partial charge < -0.3 is 10.1 Å². The van der Waals surface area contributed by atoms with Gasteiger partial charge in [-0.25, -0.2) is 14.9 Å². The first-order valence-electron chi connectivity index (χ1n) is 11.0. The molecular weight excluding hydrogens is 480 g/mol. The van der Waals surface area contributed by atoms with Gasteiger partial charge in [0.25, 0.3) is 17.7 Å². The van der Waals surface area contributed by atoms with Gasteiger partial charge in [-0.2, -0.15) is 0 Å². The predicted molar refractivity (Wildman–Crippen MR) is 135 cm³/mol. The molecule has 2 heterocycles. The van der Waals surface area contributed by atoms with E-state index in [-0.39, 0.29) is 27.7 Å². The van der Waals surface area contributed by atoms with Gasteiger partial charge in [-0.15, -0.1) is 0 Å². The molecule has 5 rings (SSSR count). The highest BCUT2D eigenvalue weighted by Gasteiger charge is 2.38. The minimum Gasteiger partial charge on any atom is -0.424 e. The van der Waals surface area contributed by atoms with Crippen LogP contribution >= 0.6 is 11.6 Å². The summed E-state index contributed by atoms with van der Waals surface area (Å²) in [6.07, 6.45) is 0. The molecule has 8 nitrogen and oxygen atoms in total. The van der Waals surface area contributed by atoms with Gasteiger partial charge in [0.2, 0.25) is 0 Å². The molecule has 0 saturated carbocycles. The summed E-state index contributed by atoms with van der Waals surface area (Å²) < 4.78 is 5.75. The molecular formula is C27H19ClN4O4. The minimum absolute atomic E-state index is 0.136. The van der Waals surface area contributed by atoms with Crippen LogP contribution in [0.1, 0.15) is 42.5 Å². The van der Waals surface area contributed by atoms with Crippen molar-refractivity contribution in [3.05, 3.63) is 106 Å². The Morgan fingerprint density at radius 2 is 1.58 bits per heavy atom. The van der Waals surface area contributed by atoms with Gasteiger partial charge in [0.15, 0.2) is 0 Å². The van der Waals surface area contributed by atoms with Gasteiger partial charge in [0.1, 0.15) is 5.75 Å². The second kappa shape index (κ2) is 9.24. The first-order chi connectivity index (χ1) is 17.3. The maximum absolute atomic E-state index is 13.0. The maximum Gasteiger partial charge on any atom is 0.322 e. The van der Waals surface area contributed by atoms with Crippen molar-refractivity contribution in [3.8, 4) is 11.8 Å². The highest BCUT2D eigenvalue weighted by molar-refractivity contribution is 6.40. The lowest BCUT2D eigenvalue weighted by Crippen LogP contribution is -2.29. The Morgan fingerprint density at radius 1 is 0.861 bits per heavy atom. The van der Waals surface area contributed by atoms with Crippen LogP contribution < -0.4 is 15.0 Å². The van der Waals surface area contributed by atoms with Crippen molar-refractivity contribution in [3.63, 3.8) is 0 Å². The normalized spacial score (nSPS) is 12.5. The van der Waals surface area contributed by atoms with E-state index in [0.29, 0.717) is 17.1 Å². The van der Waals surface area contributed by atoms with Crippen molar-refractivity contribution >= 4 is 40.7 Å². The fourth-order valence-corrected chi connectivity index (χ4v) is 4.14. The molecule has 1 aliphatic heterocycles. The van der Waals surface area contributed by atoms with Crippen LogP contribution in [0.2, 0.25) is 5.02 Å². The number of nitrogens with one attached hydrogen (secondary N) is 1. The number of aromatic nitrogens is 2. The second-order valence-electron chi connectivity index (χ2n) is 8.17. The van der Waals surface area contributed by atoms with Crippen LogP contribution in [-0.2, 0) is 0 Å². The minimum atomic E-state index is -0.540. The molecule has 178 valence electrons. The number of hydrogen-bond donors (Lipinski definition) is 1. The highest BCUT2D eigenvalue weighted by Crippen LogP contribution is 2.33. The molecule has 1 aromatic heterocycles. The van der Waals surface area contributed by atoms with Crippen LogP contribution in [0.25, 0.3) is 0 Å². The number of ether oxygens (including phenoxy) is 1. The van der Waals surface area contributed by atoms with E-state index >= 15 is 0 Å². The third-order valence-corrected chi connectivity index (χ3v) is 5.82. The van der Waals surface area contributed by atoms with E-state index in [0.717, 1.165) is 16.3 Å². The van der Waals surface area contributed by atoms with Crippen LogP contribution in [0, 0.1) is 13.8 Å². The molecule has 0 bridgehead atoms. The zero-order valence-electron chi connectivity index (χ0n) is 19.3. The smallest absolute Gasteiger partial charge is 0.322 e. The SMILES string of the molecule is Cc1cc(C)nc(Oc2cccc(NC(=O)c3ccc4c(c3)C(=O)N(c3ccccc3Cl)C4=O)c2)n1. The Bertz CT molecular complexity index is 1530. The van der Waals surface area contributed by atoms with E-state index in [2.05, 4.69) is 15.3 Å². The van der Waals surface area contributed by atoms with Crippen LogP contribution in [0.4, 0.5) is 11.4 Å². The Balaban J connectivity index is 1.36. The fourth-order valence-electron chi connectivity index (χ4n) is 3.92. The van der Waals surface area contributed by atoms with Crippen LogP contribution in [0.5, 0.6) is 11.8 Å². The van der Waals surface area contributed by atoms with Crippen molar-refractivity contribution in [1.82, 2.24) is 9.97 Å². The molecule has 0 unspecified atom stereocenters. The molecule has 0 spiro atoms. The molecule has 1 aliphatic rings. The van der Waals surface area contributed by atoms with Gasteiger partial charge in [0, 0.05) is 28.7 Å².